The molecule has 0 aliphatic carbocycles. The van der Waals surface area contributed by atoms with Crippen molar-refractivity contribution in [1.82, 2.24) is 20.2 Å². The van der Waals surface area contributed by atoms with Crippen LogP contribution < -0.4 is 0 Å². The minimum Gasteiger partial charge on any atom is -0.481 e. The summed E-state index contributed by atoms with van der Waals surface area (Å²) in [5.74, 6) is -1.28. The molecule has 1 fully saturated rings. The van der Waals surface area contributed by atoms with Gasteiger partial charge < -0.3 is 14.2 Å². The summed E-state index contributed by atoms with van der Waals surface area (Å²) in [6.07, 6.45) is -4.69. The quantitative estimate of drug-likeness (QED) is 0.255. The fraction of sp³-hybridized carbons (Fsp3) is 0.172. The van der Waals surface area contributed by atoms with Crippen molar-refractivity contribution in [2.45, 2.75) is 12.7 Å². The van der Waals surface area contributed by atoms with Crippen molar-refractivity contribution in [2.75, 3.05) is 13.1 Å². The summed E-state index contributed by atoms with van der Waals surface area (Å²) in [7, 11) is 0. The third kappa shape index (κ3) is 4.87. The first-order valence-electron chi connectivity index (χ1n) is 12.4. The Balaban J connectivity index is 1.36. The van der Waals surface area contributed by atoms with E-state index in [4.69, 9.17) is 14.2 Å². The van der Waals surface area contributed by atoms with Crippen LogP contribution in [0.25, 0.3) is 45.4 Å². The van der Waals surface area contributed by atoms with E-state index < -0.39 is 23.6 Å². The van der Waals surface area contributed by atoms with Gasteiger partial charge >= 0.3 is 12.1 Å². The van der Waals surface area contributed by atoms with Crippen LogP contribution in [-0.2, 0) is 17.5 Å². The van der Waals surface area contributed by atoms with E-state index in [1.54, 1.807) is 11.0 Å². The van der Waals surface area contributed by atoms with E-state index in [0.29, 0.717) is 30.0 Å². The number of aliphatic carboxylic acids is 1. The third-order valence-electron chi connectivity index (χ3n) is 6.76. The van der Waals surface area contributed by atoms with Gasteiger partial charge in [-0.25, -0.2) is 0 Å². The molecule has 0 spiro atoms. The lowest BCUT2D eigenvalue weighted by molar-refractivity contribution is -0.147. The van der Waals surface area contributed by atoms with E-state index in [1.807, 2.05) is 60.7 Å². The van der Waals surface area contributed by atoms with Gasteiger partial charge in [0.2, 0.25) is 5.82 Å². The first-order chi connectivity index (χ1) is 19.3. The van der Waals surface area contributed by atoms with Gasteiger partial charge in [-0.05, 0) is 17.2 Å². The molecule has 1 N–H and O–H groups in total. The molecule has 0 saturated carbocycles. The Bertz CT molecular complexity index is 1660. The van der Waals surface area contributed by atoms with Gasteiger partial charge in [-0.15, -0.1) is 0 Å². The molecule has 0 radical (unpaired) electrons. The lowest BCUT2D eigenvalue weighted by atomic mass is 9.98. The summed E-state index contributed by atoms with van der Waals surface area (Å²) in [4.78, 5) is 17.1. The minimum atomic E-state index is -4.69. The number of rotatable bonds is 7. The van der Waals surface area contributed by atoms with E-state index >= 15 is 0 Å². The fourth-order valence-corrected chi connectivity index (χ4v) is 4.76. The zero-order chi connectivity index (χ0) is 27.9. The normalized spacial score (nSPS) is 14.3. The van der Waals surface area contributed by atoms with Crippen LogP contribution in [0.5, 0.6) is 0 Å². The largest absolute Gasteiger partial charge is 0.481 e. The Morgan fingerprint density at radius 2 is 1.60 bits per heavy atom. The molecule has 3 aromatic carbocycles. The highest BCUT2D eigenvalue weighted by Gasteiger charge is 2.37. The maximum atomic E-state index is 14.1. The number of hydrogen-bond acceptors (Lipinski definition) is 7. The number of carboxylic acid groups (broad SMARTS) is 1. The van der Waals surface area contributed by atoms with E-state index in [1.165, 1.54) is 6.07 Å². The molecule has 40 heavy (non-hydrogen) atoms. The predicted octanol–water partition coefficient (Wildman–Crippen LogP) is 6.26. The Morgan fingerprint density at radius 3 is 2.25 bits per heavy atom. The number of carboxylic acids is 1. The summed E-state index contributed by atoms with van der Waals surface area (Å²) < 4.78 is 53.5. The van der Waals surface area contributed by atoms with Gasteiger partial charge in [0.25, 0.3) is 5.89 Å². The number of benzene rings is 3. The van der Waals surface area contributed by atoms with Crippen molar-refractivity contribution in [3.8, 4) is 45.4 Å². The monoisotopic (exact) mass is 546 g/mol. The molecular formula is C29H21F3N4O4. The summed E-state index contributed by atoms with van der Waals surface area (Å²) >= 11 is 0. The average molecular weight is 547 g/mol. The smallest absolute Gasteiger partial charge is 0.417 e. The van der Waals surface area contributed by atoms with Crippen LogP contribution in [0.2, 0.25) is 0 Å². The topological polar surface area (TPSA) is 105 Å². The van der Waals surface area contributed by atoms with Crippen LogP contribution in [-0.4, -0.2) is 44.4 Å². The molecule has 3 heterocycles. The van der Waals surface area contributed by atoms with Gasteiger partial charge in [0.15, 0.2) is 11.5 Å². The number of hydrogen-bond donors (Lipinski definition) is 1. The van der Waals surface area contributed by atoms with Gasteiger partial charge in [0, 0.05) is 30.8 Å². The highest BCUT2D eigenvalue weighted by atomic mass is 19.4. The molecule has 2 aromatic heterocycles. The first-order valence-corrected chi connectivity index (χ1v) is 12.4. The zero-order valence-corrected chi connectivity index (χ0v) is 20.8. The van der Waals surface area contributed by atoms with Crippen LogP contribution in [0, 0.1) is 5.92 Å². The van der Waals surface area contributed by atoms with Crippen molar-refractivity contribution >= 4 is 5.97 Å². The maximum Gasteiger partial charge on any atom is 0.417 e. The van der Waals surface area contributed by atoms with Crippen molar-refractivity contribution < 1.29 is 32.1 Å². The number of aromatic nitrogens is 3. The molecule has 1 aliphatic heterocycles. The Kier molecular flexibility index (Phi) is 6.43. The van der Waals surface area contributed by atoms with Crippen molar-refractivity contribution in [2.24, 2.45) is 5.92 Å². The van der Waals surface area contributed by atoms with Crippen molar-refractivity contribution in [1.29, 1.82) is 0 Å². The predicted molar refractivity (Wildman–Crippen MR) is 138 cm³/mol. The molecule has 1 saturated heterocycles. The Morgan fingerprint density at radius 1 is 0.925 bits per heavy atom. The Hall–Kier alpha value is -4.77. The first kappa shape index (κ1) is 25.5. The molecule has 6 rings (SSSR count). The molecule has 0 atom stereocenters. The minimum absolute atomic E-state index is 0.0859. The fourth-order valence-electron chi connectivity index (χ4n) is 4.76. The summed E-state index contributed by atoms with van der Waals surface area (Å²) in [6.45, 7) is 0.782. The zero-order valence-electron chi connectivity index (χ0n) is 20.8. The molecule has 0 unspecified atom stereocenters. The molecule has 0 amide bonds. The number of carbonyl (C=O) groups is 1. The van der Waals surface area contributed by atoms with Gasteiger partial charge in [0.1, 0.15) is 0 Å². The molecule has 8 nitrogen and oxygen atoms in total. The van der Waals surface area contributed by atoms with Gasteiger partial charge in [-0.3, -0.25) is 9.69 Å². The molecule has 5 aromatic rings. The molecule has 1 aliphatic rings. The van der Waals surface area contributed by atoms with Crippen molar-refractivity contribution in [3.63, 3.8) is 0 Å². The van der Waals surface area contributed by atoms with Gasteiger partial charge in [0.05, 0.1) is 17.0 Å². The standard InChI is InChI=1S/C29H21F3N4O4/c30-29(31,32)22-13-17(14-36-15-20(16-36)28(37)38)11-12-21(22)26-33-27(40-35-26)24-23(18-7-3-1-4-8-18)25(39-34-24)19-9-5-2-6-10-19/h1-13,20H,14-16H2,(H,37,38). The van der Waals surface area contributed by atoms with E-state index in [2.05, 4.69) is 15.3 Å². The second kappa shape index (κ2) is 10.1. The number of halogens is 3. The average Bonchev–Trinajstić information content (AvgIpc) is 3.58. The molecular weight excluding hydrogens is 525 g/mol. The number of alkyl halides is 3. The Labute approximate surface area is 225 Å². The summed E-state index contributed by atoms with van der Waals surface area (Å²) in [6, 6.07) is 22.4. The molecule has 0 bridgehead atoms. The lowest BCUT2D eigenvalue weighted by Crippen LogP contribution is -2.49. The maximum absolute atomic E-state index is 14.1. The van der Waals surface area contributed by atoms with Crippen molar-refractivity contribution in [3.05, 3.63) is 90.0 Å². The van der Waals surface area contributed by atoms with Crippen LogP contribution in [0.15, 0.2) is 87.9 Å². The van der Waals surface area contributed by atoms with Crippen LogP contribution in [0.1, 0.15) is 11.1 Å². The van der Waals surface area contributed by atoms with Gasteiger partial charge in [-0.2, -0.15) is 18.2 Å². The molecule has 202 valence electrons. The lowest BCUT2D eigenvalue weighted by Gasteiger charge is -2.36. The second-order valence-electron chi connectivity index (χ2n) is 9.50. The van der Waals surface area contributed by atoms with E-state index in [0.717, 1.165) is 17.2 Å². The number of nitrogens with zero attached hydrogens (tertiary/aromatic N) is 4. The second-order valence-corrected chi connectivity index (χ2v) is 9.50. The van der Waals surface area contributed by atoms with Crippen LogP contribution in [0.4, 0.5) is 13.2 Å². The summed E-state index contributed by atoms with van der Waals surface area (Å²) in [5.41, 5.74) is 1.54. The molecule has 11 heteroatoms. The highest BCUT2D eigenvalue weighted by molar-refractivity contribution is 5.88. The van der Waals surface area contributed by atoms with Crippen LogP contribution >= 0.6 is 0 Å². The highest BCUT2D eigenvalue weighted by Crippen LogP contribution is 2.41. The van der Waals surface area contributed by atoms with Crippen LogP contribution in [0.3, 0.4) is 0 Å². The SMILES string of the molecule is O=C(O)C1CN(Cc2ccc(-c3noc(-c4noc(-c5ccccc5)c4-c4ccccc4)n3)c(C(F)(F)F)c2)C1. The number of likely N-dealkylation sites (tertiary alicyclic amines) is 1. The van der Waals surface area contributed by atoms with E-state index in [-0.39, 0.29) is 29.5 Å². The van der Waals surface area contributed by atoms with E-state index in [9.17, 15) is 18.0 Å². The van der Waals surface area contributed by atoms with Gasteiger partial charge in [-0.1, -0.05) is 83.1 Å². The summed E-state index contributed by atoms with van der Waals surface area (Å²) in [5, 5.41) is 17.1. The third-order valence-corrected chi connectivity index (χ3v) is 6.76.